The van der Waals surface area contributed by atoms with E-state index >= 15 is 0 Å². The molecule has 4 unspecified atom stereocenters. The SMILES string of the molecule is CC(C)C1C(C)C(C)C(C)C1C.Cc1cc(C)c(C)c(C(C)C)c1C. The molecule has 0 aromatic heterocycles. The molecule has 0 radical (unpaired) electrons. The highest BCUT2D eigenvalue weighted by Gasteiger charge is 2.42. The van der Waals surface area contributed by atoms with Crippen LogP contribution in [0.1, 0.15) is 89.1 Å². The van der Waals surface area contributed by atoms with Crippen LogP contribution in [-0.2, 0) is 0 Å². The van der Waals surface area contributed by atoms with Gasteiger partial charge in [-0.15, -0.1) is 0 Å². The zero-order valence-electron chi connectivity index (χ0n) is 19.1. The number of hydrogen-bond acceptors (Lipinski definition) is 0. The molecule has 1 fully saturated rings. The summed E-state index contributed by atoms with van der Waals surface area (Å²) in [5.41, 5.74) is 7.33. The molecule has 0 saturated heterocycles. The van der Waals surface area contributed by atoms with Crippen LogP contribution in [0.5, 0.6) is 0 Å². The van der Waals surface area contributed by atoms with E-state index < -0.39 is 0 Å². The van der Waals surface area contributed by atoms with Crippen LogP contribution < -0.4 is 0 Å². The van der Waals surface area contributed by atoms with Gasteiger partial charge < -0.3 is 0 Å². The van der Waals surface area contributed by atoms with E-state index in [-0.39, 0.29) is 0 Å². The summed E-state index contributed by atoms with van der Waals surface area (Å²) in [6, 6.07) is 2.29. The normalized spacial score (nSPS) is 29.1. The lowest BCUT2D eigenvalue weighted by molar-refractivity contribution is 0.237. The molecular formula is C25H44. The van der Waals surface area contributed by atoms with Crippen LogP contribution >= 0.6 is 0 Å². The van der Waals surface area contributed by atoms with Gasteiger partial charge in [-0.25, -0.2) is 0 Å². The number of benzene rings is 1. The summed E-state index contributed by atoms with van der Waals surface area (Å²) in [6.45, 7) is 27.9. The van der Waals surface area contributed by atoms with Crippen LogP contribution in [0, 0.1) is 63.2 Å². The van der Waals surface area contributed by atoms with Gasteiger partial charge in [-0.2, -0.15) is 0 Å². The summed E-state index contributed by atoms with van der Waals surface area (Å²) in [5.74, 6) is 6.15. The Bertz CT molecular complexity index is 524. The minimum Gasteiger partial charge on any atom is -0.0625 e. The van der Waals surface area contributed by atoms with Gasteiger partial charge in [0.1, 0.15) is 0 Å². The van der Waals surface area contributed by atoms with Crippen molar-refractivity contribution < 1.29 is 0 Å². The largest absolute Gasteiger partial charge is 0.0625 e. The molecule has 4 atom stereocenters. The van der Waals surface area contributed by atoms with Crippen molar-refractivity contribution in [3.05, 3.63) is 33.9 Å². The lowest BCUT2D eigenvalue weighted by atomic mass is 9.81. The molecule has 1 aliphatic rings. The summed E-state index contributed by atoms with van der Waals surface area (Å²) in [7, 11) is 0. The zero-order valence-corrected chi connectivity index (χ0v) is 19.1. The Morgan fingerprint density at radius 1 is 0.640 bits per heavy atom. The van der Waals surface area contributed by atoms with E-state index in [1.54, 1.807) is 0 Å². The van der Waals surface area contributed by atoms with Crippen molar-refractivity contribution in [3.63, 3.8) is 0 Å². The van der Waals surface area contributed by atoms with Crippen LogP contribution in [-0.4, -0.2) is 0 Å². The lowest BCUT2D eigenvalue weighted by Crippen LogP contribution is -2.19. The van der Waals surface area contributed by atoms with Gasteiger partial charge in [-0.1, -0.05) is 61.5 Å². The molecule has 0 spiro atoms. The van der Waals surface area contributed by atoms with Gasteiger partial charge in [0.15, 0.2) is 0 Å². The Labute approximate surface area is 158 Å². The molecule has 1 saturated carbocycles. The fraction of sp³-hybridized carbons (Fsp3) is 0.760. The molecule has 144 valence electrons. The van der Waals surface area contributed by atoms with Gasteiger partial charge in [0.25, 0.3) is 0 Å². The van der Waals surface area contributed by atoms with Gasteiger partial charge >= 0.3 is 0 Å². The second-order valence-electron chi connectivity index (χ2n) is 9.59. The van der Waals surface area contributed by atoms with Crippen molar-refractivity contribution in [1.29, 1.82) is 0 Å². The number of hydrogen-bond donors (Lipinski definition) is 0. The van der Waals surface area contributed by atoms with Gasteiger partial charge in [-0.05, 0) is 96.9 Å². The smallest absolute Gasteiger partial charge is 0.0213 e. The maximum Gasteiger partial charge on any atom is -0.0213 e. The molecule has 25 heavy (non-hydrogen) atoms. The van der Waals surface area contributed by atoms with Crippen molar-refractivity contribution in [2.75, 3.05) is 0 Å². The fourth-order valence-electron chi connectivity index (χ4n) is 5.47. The topological polar surface area (TPSA) is 0 Å². The molecule has 1 aromatic rings. The highest BCUT2D eigenvalue weighted by atomic mass is 14.5. The maximum absolute atomic E-state index is 2.44. The molecule has 1 aromatic carbocycles. The average molecular weight is 345 g/mol. The molecule has 0 bridgehead atoms. The highest BCUT2D eigenvalue weighted by molar-refractivity contribution is 5.45. The maximum atomic E-state index is 2.44. The molecule has 0 heterocycles. The second-order valence-corrected chi connectivity index (χ2v) is 9.59. The third kappa shape index (κ3) is 4.69. The van der Waals surface area contributed by atoms with Crippen molar-refractivity contribution in [2.45, 2.75) is 89.0 Å². The van der Waals surface area contributed by atoms with E-state index in [1.165, 1.54) is 27.8 Å². The number of rotatable bonds is 2. The molecule has 0 nitrogen and oxygen atoms in total. The van der Waals surface area contributed by atoms with E-state index in [0.29, 0.717) is 5.92 Å². The zero-order chi connectivity index (χ0) is 19.6. The Morgan fingerprint density at radius 3 is 1.24 bits per heavy atom. The van der Waals surface area contributed by atoms with E-state index in [1.807, 2.05) is 0 Å². The van der Waals surface area contributed by atoms with E-state index in [0.717, 1.165) is 35.5 Å². The van der Waals surface area contributed by atoms with Crippen molar-refractivity contribution in [3.8, 4) is 0 Å². The minimum atomic E-state index is 0.638. The minimum absolute atomic E-state index is 0.638. The van der Waals surface area contributed by atoms with Crippen molar-refractivity contribution >= 4 is 0 Å². The predicted octanol–water partition coefficient (Wildman–Crippen LogP) is 7.86. The van der Waals surface area contributed by atoms with E-state index in [2.05, 4.69) is 89.2 Å². The van der Waals surface area contributed by atoms with Gasteiger partial charge in [0, 0.05) is 0 Å². The quantitative estimate of drug-likeness (QED) is 0.512. The predicted molar refractivity (Wildman–Crippen MR) is 114 cm³/mol. The van der Waals surface area contributed by atoms with Gasteiger partial charge in [-0.3, -0.25) is 0 Å². The first-order chi connectivity index (χ1) is 11.4. The third-order valence-electron chi connectivity index (χ3n) is 7.47. The molecular weight excluding hydrogens is 300 g/mol. The first-order valence-electron chi connectivity index (χ1n) is 10.5. The van der Waals surface area contributed by atoms with E-state index in [9.17, 15) is 0 Å². The summed E-state index contributed by atoms with van der Waals surface area (Å²) in [5, 5.41) is 0. The van der Waals surface area contributed by atoms with Crippen molar-refractivity contribution in [1.82, 2.24) is 0 Å². The van der Waals surface area contributed by atoms with Crippen LogP contribution in [0.3, 0.4) is 0 Å². The van der Waals surface area contributed by atoms with Crippen LogP contribution in [0.4, 0.5) is 0 Å². The van der Waals surface area contributed by atoms with Gasteiger partial charge in [0.05, 0.1) is 0 Å². The monoisotopic (exact) mass is 344 g/mol. The molecule has 2 rings (SSSR count). The molecule has 1 aliphatic carbocycles. The summed E-state index contributed by atoms with van der Waals surface area (Å²) >= 11 is 0. The summed E-state index contributed by atoms with van der Waals surface area (Å²) in [4.78, 5) is 0. The van der Waals surface area contributed by atoms with E-state index in [4.69, 9.17) is 0 Å². The summed E-state index contributed by atoms with van der Waals surface area (Å²) in [6.07, 6.45) is 0. The number of aryl methyl sites for hydroxylation is 2. The Kier molecular flexibility index (Phi) is 7.78. The molecule has 0 aliphatic heterocycles. The third-order valence-corrected chi connectivity index (χ3v) is 7.47. The average Bonchev–Trinajstić information content (AvgIpc) is 2.69. The highest BCUT2D eigenvalue weighted by Crippen LogP contribution is 2.48. The fourth-order valence-corrected chi connectivity index (χ4v) is 5.47. The van der Waals surface area contributed by atoms with Crippen LogP contribution in [0.15, 0.2) is 6.07 Å². The summed E-state index contributed by atoms with van der Waals surface area (Å²) < 4.78 is 0. The molecule has 0 N–H and O–H groups in total. The van der Waals surface area contributed by atoms with Crippen molar-refractivity contribution in [2.24, 2.45) is 35.5 Å². The second kappa shape index (κ2) is 8.74. The Balaban J connectivity index is 0.000000251. The first-order valence-corrected chi connectivity index (χ1v) is 10.5. The first kappa shape index (κ1) is 22.3. The lowest BCUT2D eigenvalue weighted by Gasteiger charge is -2.25. The molecule has 0 amide bonds. The Hall–Kier alpha value is -0.780. The molecule has 0 heteroatoms. The standard InChI is InChI=1S/C13H20.C12H24/c1-8(2)13-11(5)9(3)7-10(4)12(13)6;1-7(2)12-10(5)8(3)9(4)11(12)6/h7-8H,1-6H3;7-12H,1-6H3. The van der Waals surface area contributed by atoms with Crippen LogP contribution in [0.25, 0.3) is 0 Å². The van der Waals surface area contributed by atoms with Crippen LogP contribution in [0.2, 0.25) is 0 Å². The van der Waals surface area contributed by atoms with Gasteiger partial charge in [0.2, 0.25) is 0 Å². The Morgan fingerprint density at radius 2 is 1.00 bits per heavy atom.